The van der Waals surface area contributed by atoms with E-state index in [1.165, 1.54) is 6.92 Å². The van der Waals surface area contributed by atoms with E-state index in [-0.39, 0.29) is 5.71 Å². The predicted molar refractivity (Wildman–Crippen MR) is 76.0 cm³/mol. The smallest absolute Gasteiger partial charge is 0.338 e. The van der Waals surface area contributed by atoms with Crippen molar-refractivity contribution in [2.24, 2.45) is 5.92 Å². The Morgan fingerprint density at radius 1 is 1.40 bits per heavy atom. The first kappa shape index (κ1) is 15.9. The van der Waals surface area contributed by atoms with Gasteiger partial charge in [-0.3, -0.25) is 4.79 Å². The zero-order valence-electron chi connectivity index (χ0n) is 11.2. The second-order valence-corrected chi connectivity index (χ2v) is 4.90. The second kappa shape index (κ2) is 7.46. The first-order valence-electron chi connectivity index (χ1n) is 5.78. The summed E-state index contributed by atoms with van der Waals surface area (Å²) in [4.78, 5) is 24.3. The van der Waals surface area contributed by atoms with Crippen LogP contribution in [-0.2, 0) is 9.53 Å². The lowest BCUT2D eigenvalue weighted by atomic mass is 10.0. The highest BCUT2D eigenvalue weighted by atomic mass is 32.2. The van der Waals surface area contributed by atoms with Crippen molar-refractivity contribution in [2.45, 2.75) is 11.8 Å². The summed E-state index contributed by atoms with van der Waals surface area (Å²) in [5.74, 6) is -2.36. The summed E-state index contributed by atoms with van der Waals surface area (Å²) < 4.78 is 4.85. The minimum Gasteiger partial charge on any atom is -0.454 e. The second-order valence-electron chi connectivity index (χ2n) is 4.02. The van der Waals surface area contributed by atoms with Crippen LogP contribution in [0.25, 0.3) is 0 Å². The van der Waals surface area contributed by atoms with Gasteiger partial charge in [-0.05, 0) is 37.4 Å². The van der Waals surface area contributed by atoms with Crippen molar-refractivity contribution in [1.82, 2.24) is 0 Å². The molecule has 0 spiro atoms. The van der Waals surface area contributed by atoms with Gasteiger partial charge in [0.2, 0.25) is 0 Å². The summed E-state index contributed by atoms with van der Waals surface area (Å²) in [7, 11) is 0. The highest BCUT2D eigenvalue weighted by Crippen LogP contribution is 2.15. The van der Waals surface area contributed by atoms with E-state index >= 15 is 0 Å². The van der Waals surface area contributed by atoms with Crippen LogP contribution in [0.5, 0.6) is 0 Å². The zero-order chi connectivity index (χ0) is 15.1. The molecule has 1 aromatic rings. The number of ether oxygens (including phenoxy) is 1. The Kier molecular flexibility index (Phi) is 5.94. The fourth-order valence-corrected chi connectivity index (χ4v) is 1.85. The SMILES string of the molecule is CSc1ccc(C(=O)OCC(=O)C(C#N)C(C)=N)cc1. The van der Waals surface area contributed by atoms with Crippen LogP contribution in [0.15, 0.2) is 29.2 Å². The largest absolute Gasteiger partial charge is 0.454 e. The molecule has 1 rings (SSSR count). The van der Waals surface area contributed by atoms with Crippen LogP contribution in [0.3, 0.4) is 0 Å². The van der Waals surface area contributed by atoms with Gasteiger partial charge in [0.15, 0.2) is 12.4 Å². The normalized spacial score (nSPS) is 11.2. The van der Waals surface area contributed by atoms with Crippen molar-refractivity contribution >= 4 is 29.2 Å². The summed E-state index contributed by atoms with van der Waals surface area (Å²) in [6, 6.07) is 8.50. The third-order valence-corrected chi connectivity index (χ3v) is 3.30. The maximum Gasteiger partial charge on any atom is 0.338 e. The number of carbonyl (C=O) groups excluding carboxylic acids is 2. The maximum atomic E-state index is 11.7. The molecule has 0 heterocycles. The Bertz CT molecular complexity index is 561. The van der Waals surface area contributed by atoms with E-state index in [0.29, 0.717) is 5.56 Å². The third kappa shape index (κ3) is 4.21. The zero-order valence-corrected chi connectivity index (χ0v) is 12.0. The van der Waals surface area contributed by atoms with Gasteiger partial charge in [0.25, 0.3) is 0 Å². The van der Waals surface area contributed by atoms with E-state index in [1.54, 1.807) is 42.1 Å². The van der Waals surface area contributed by atoms with Gasteiger partial charge in [-0.1, -0.05) is 0 Å². The van der Waals surface area contributed by atoms with E-state index in [1.807, 2.05) is 6.26 Å². The Hall–Kier alpha value is -2.13. The Morgan fingerprint density at radius 2 is 2.00 bits per heavy atom. The van der Waals surface area contributed by atoms with Crippen LogP contribution in [0, 0.1) is 22.7 Å². The highest BCUT2D eigenvalue weighted by Gasteiger charge is 2.21. The van der Waals surface area contributed by atoms with Crippen LogP contribution >= 0.6 is 11.8 Å². The molecule has 0 saturated carbocycles. The molecule has 0 radical (unpaired) electrons. The molecule has 0 fully saturated rings. The number of nitriles is 1. The van der Waals surface area contributed by atoms with Crippen molar-refractivity contribution in [3.63, 3.8) is 0 Å². The quantitative estimate of drug-likeness (QED) is 0.493. The number of Topliss-reactive ketones (excluding diaryl/α,β-unsaturated/α-hetero) is 1. The molecule has 1 aromatic carbocycles. The summed E-state index contributed by atoms with van der Waals surface area (Å²) in [6.45, 7) is 0.867. The Balaban J connectivity index is 2.61. The Labute approximate surface area is 121 Å². The number of rotatable bonds is 6. The number of hydrogen-bond acceptors (Lipinski definition) is 6. The average molecular weight is 290 g/mol. The van der Waals surface area contributed by atoms with E-state index in [0.717, 1.165) is 4.90 Å². The molecule has 0 amide bonds. The number of nitrogens with zero attached hydrogens (tertiary/aromatic N) is 1. The van der Waals surface area contributed by atoms with Crippen LogP contribution in [0.1, 0.15) is 17.3 Å². The Morgan fingerprint density at radius 3 is 2.45 bits per heavy atom. The van der Waals surface area contributed by atoms with Gasteiger partial charge in [-0.2, -0.15) is 5.26 Å². The van der Waals surface area contributed by atoms with Crippen molar-refractivity contribution in [1.29, 1.82) is 10.7 Å². The monoisotopic (exact) mass is 290 g/mol. The van der Waals surface area contributed by atoms with E-state index in [4.69, 9.17) is 15.4 Å². The third-order valence-electron chi connectivity index (χ3n) is 2.56. The molecule has 5 nitrogen and oxygen atoms in total. The minimum absolute atomic E-state index is 0.0575. The van der Waals surface area contributed by atoms with Gasteiger partial charge in [-0.15, -0.1) is 11.8 Å². The summed E-state index contributed by atoms with van der Waals surface area (Å²) in [6.07, 6.45) is 1.92. The van der Waals surface area contributed by atoms with Crippen molar-refractivity contribution in [3.8, 4) is 6.07 Å². The van der Waals surface area contributed by atoms with E-state index in [2.05, 4.69) is 0 Å². The van der Waals surface area contributed by atoms with Crippen LogP contribution in [0.2, 0.25) is 0 Å². The number of carbonyl (C=O) groups is 2. The number of hydrogen-bond donors (Lipinski definition) is 1. The molecule has 0 aliphatic carbocycles. The first-order chi connectivity index (χ1) is 9.49. The van der Waals surface area contributed by atoms with Crippen LogP contribution in [-0.4, -0.2) is 30.3 Å². The standard InChI is InChI=1S/C14H14N2O3S/c1-9(16)12(7-15)13(17)8-19-14(18)10-3-5-11(20-2)6-4-10/h3-6,12,16H,8H2,1-2H3. The molecule has 6 heteroatoms. The molecule has 0 saturated heterocycles. The van der Waals surface area contributed by atoms with Crippen molar-refractivity contribution < 1.29 is 14.3 Å². The predicted octanol–water partition coefficient (Wildman–Crippen LogP) is 2.31. The van der Waals surface area contributed by atoms with E-state index < -0.39 is 24.3 Å². The molecule has 20 heavy (non-hydrogen) atoms. The fourth-order valence-electron chi connectivity index (χ4n) is 1.44. The first-order valence-corrected chi connectivity index (χ1v) is 7.00. The lowest BCUT2D eigenvalue weighted by Gasteiger charge is -2.07. The van der Waals surface area contributed by atoms with Crippen molar-refractivity contribution in [2.75, 3.05) is 12.9 Å². The molecular formula is C14H14N2O3S. The summed E-state index contributed by atoms with van der Waals surface area (Å²) in [5, 5.41) is 16.0. The summed E-state index contributed by atoms with van der Waals surface area (Å²) in [5.41, 5.74) is 0.286. The number of thioether (sulfide) groups is 1. The fraction of sp³-hybridized carbons (Fsp3) is 0.286. The molecule has 0 bridgehead atoms. The maximum absolute atomic E-state index is 11.7. The molecular weight excluding hydrogens is 276 g/mol. The number of ketones is 1. The highest BCUT2D eigenvalue weighted by molar-refractivity contribution is 7.98. The summed E-state index contributed by atoms with van der Waals surface area (Å²) >= 11 is 1.55. The molecule has 0 aliphatic heterocycles. The van der Waals surface area contributed by atoms with Gasteiger partial charge in [0.05, 0.1) is 11.6 Å². The van der Waals surface area contributed by atoms with Crippen LogP contribution in [0.4, 0.5) is 0 Å². The minimum atomic E-state index is -1.15. The lowest BCUT2D eigenvalue weighted by Crippen LogP contribution is -2.25. The molecule has 104 valence electrons. The molecule has 1 N–H and O–H groups in total. The van der Waals surface area contributed by atoms with Gasteiger partial charge < -0.3 is 10.1 Å². The van der Waals surface area contributed by atoms with Gasteiger partial charge in [0.1, 0.15) is 5.92 Å². The van der Waals surface area contributed by atoms with Gasteiger partial charge in [-0.25, -0.2) is 4.79 Å². The van der Waals surface area contributed by atoms with Crippen LogP contribution < -0.4 is 0 Å². The number of benzene rings is 1. The lowest BCUT2D eigenvalue weighted by molar-refractivity contribution is -0.122. The number of nitrogens with one attached hydrogen (secondary N) is 1. The van der Waals surface area contributed by atoms with Crippen molar-refractivity contribution in [3.05, 3.63) is 29.8 Å². The number of esters is 1. The topological polar surface area (TPSA) is 91.0 Å². The van der Waals surface area contributed by atoms with Gasteiger partial charge >= 0.3 is 5.97 Å². The van der Waals surface area contributed by atoms with E-state index in [9.17, 15) is 9.59 Å². The average Bonchev–Trinajstić information content (AvgIpc) is 2.45. The molecule has 0 aliphatic rings. The molecule has 1 atom stereocenters. The molecule has 1 unspecified atom stereocenters. The van der Waals surface area contributed by atoms with Gasteiger partial charge in [0, 0.05) is 10.6 Å². The molecule has 0 aromatic heterocycles.